The topological polar surface area (TPSA) is 19.6 Å². The van der Waals surface area contributed by atoms with Crippen molar-refractivity contribution in [3.05, 3.63) is 59.8 Å². The van der Waals surface area contributed by atoms with Gasteiger partial charge in [-0.25, -0.2) is 4.39 Å². The molecule has 1 spiro atoms. The molecule has 1 atom stereocenters. The van der Waals surface area contributed by atoms with E-state index in [0.717, 1.165) is 31.9 Å². The van der Waals surface area contributed by atoms with Gasteiger partial charge in [0.25, 0.3) is 0 Å². The maximum absolute atomic E-state index is 13.0. The first kappa shape index (κ1) is 16.8. The molecule has 1 aromatic carbocycles. The fraction of sp³-hybridized carbons (Fsp3) is 0.524. The minimum Gasteiger partial charge on any atom is -0.468 e. The molecule has 3 nitrogen and oxygen atoms in total. The van der Waals surface area contributed by atoms with E-state index in [1.54, 1.807) is 18.4 Å². The van der Waals surface area contributed by atoms with E-state index < -0.39 is 0 Å². The van der Waals surface area contributed by atoms with Gasteiger partial charge < -0.3 is 4.42 Å². The van der Waals surface area contributed by atoms with Crippen molar-refractivity contribution < 1.29 is 8.81 Å². The van der Waals surface area contributed by atoms with Crippen LogP contribution < -0.4 is 0 Å². The van der Waals surface area contributed by atoms with Crippen LogP contribution >= 0.6 is 0 Å². The summed E-state index contributed by atoms with van der Waals surface area (Å²) in [5.41, 5.74) is 1.69. The first-order valence-corrected chi connectivity index (χ1v) is 9.34. The highest BCUT2D eigenvalue weighted by Gasteiger charge is 2.49. The highest BCUT2D eigenvalue weighted by molar-refractivity contribution is 5.16. The van der Waals surface area contributed by atoms with Gasteiger partial charge in [-0.2, -0.15) is 0 Å². The molecule has 0 N–H and O–H groups in total. The lowest BCUT2D eigenvalue weighted by molar-refractivity contribution is -0.0648. The third kappa shape index (κ3) is 3.51. The zero-order valence-electron chi connectivity index (χ0n) is 15.0. The van der Waals surface area contributed by atoms with Gasteiger partial charge in [-0.3, -0.25) is 9.80 Å². The number of hydrogen-bond acceptors (Lipinski definition) is 3. The number of nitrogens with zero attached hydrogens (tertiary/aromatic N) is 2. The molecule has 0 unspecified atom stereocenters. The second kappa shape index (κ2) is 6.93. The number of rotatable bonds is 5. The average Bonchev–Trinajstić information content (AvgIpc) is 3.09. The van der Waals surface area contributed by atoms with Crippen molar-refractivity contribution in [3.63, 3.8) is 0 Å². The van der Waals surface area contributed by atoms with E-state index in [9.17, 15) is 4.39 Å². The Balaban J connectivity index is 1.32. The van der Waals surface area contributed by atoms with E-state index in [1.165, 1.54) is 31.2 Å². The van der Waals surface area contributed by atoms with E-state index in [1.807, 2.05) is 18.2 Å². The Bertz CT molecular complexity index is 674. The molecule has 2 aromatic rings. The molecule has 4 rings (SSSR count). The van der Waals surface area contributed by atoms with E-state index in [-0.39, 0.29) is 5.82 Å². The van der Waals surface area contributed by atoms with E-state index in [4.69, 9.17) is 4.42 Å². The lowest BCUT2D eigenvalue weighted by Crippen LogP contribution is -2.57. The smallest absolute Gasteiger partial charge is 0.123 e. The molecule has 1 aromatic heterocycles. The number of piperidine rings is 1. The largest absolute Gasteiger partial charge is 0.468 e. The third-order valence-corrected chi connectivity index (χ3v) is 6.31. The molecule has 0 amide bonds. The van der Waals surface area contributed by atoms with Crippen LogP contribution in [0, 0.1) is 11.2 Å². The Morgan fingerprint density at radius 2 is 1.92 bits per heavy atom. The minimum atomic E-state index is -0.154. The number of benzene rings is 1. The zero-order chi connectivity index (χ0) is 17.3. The number of hydrogen-bond donors (Lipinski definition) is 0. The number of halogens is 1. The molecule has 25 heavy (non-hydrogen) atoms. The molecule has 2 heterocycles. The number of furan rings is 1. The monoisotopic (exact) mass is 342 g/mol. The van der Waals surface area contributed by atoms with Crippen molar-refractivity contribution in [1.29, 1.82) is 0 Å². The van der Waals surface area contributed by atoms with Crippen molar-refractivity contribution in [2.24, 2.45) is 5.41 Å². The van der Waals surface area contributed by atoms with Crippen molar-refractivity contribution in [2.75, 3.05) is 20.1 Å². The van der Waals surface area contributed by atoms with Crippen molar-refractivity contribution in [1.82, 2.24) is 9.80 Å². The van der Waals surface area contributed by atoms with Gasteiger partial charge in [0.2, 0.25) is 0 Å². The SMILES string of the molecule is CN(Cc1ccco1)[C@@H]1CCC12CCN(Cc1ccc(F)cc1)CC2. The van der Waals surface area contributed by atoms with Crippen LogP contribution in [0.25, 0.3) is 0 Å². The van der Waals surface area contributed by atoms with Crippen molar-refractivity contribution in [2.45, 2.75) is 44.8 Å². The summed E-state index contributed by atoms with van der Waals surface area (Å²) in [6.07, 6.45) is 6.94. The maximum atomic E-state index is 13.0. The van der Waals surface area contributed by atoms with Gasteiger partial charge >= 0.3 is 0 Å². The summed E-state index contributed by atoms with van der Waals surface area (Å²) >= 11 is 0. The summed E-state index contributed by atoms with van der Waals surface area (Å²) in [6.45, 7) is 4.12. The Kier molecular flexibility index (Phi) is 4.65. The molecular formula is C21H27FN2O. The van der Waals surface area contributed by atoms with Crippen LogP contribution in [0.15, 0.2) is 47.1 Å². The van der Waals surface area contributed by atoms with Crippen LogP contribution in [-0.2, 0) is 13.1 Å². The van der Waals surface area contributed by atoms with Crippen LogP contribution in [0.1, 0.15) is 37.0 Å². The molecule has 4 heteroatoms. The first-order chi connectivity index (χ1) is 12.1. The quantitative estimate of drug-likeness (QED) is 0.808. The summed E-state index contributed by atoms with van der Waals surface area (Å²) in [4.78, 5) is 5.00. The average molecular weight is 342 g/mol. The predicted octanol–water partition coefficient (Wildman–Crippen LogP) is 4.30. The fourth-order valence-electron chi connectivity index (χ4n) is 4.72. The summed E-state index contributed by atoms with van der Waals surface area (Å²) in [5, 5.41) is 0. The summed E-state index contributed by atoms with van der Waals surface area (Å²) in [5.74, 6) is 0.900. The van der Waals surface area contributed by atoms with Crippen LogP contribution in [-0.4, -0.2) is 36.0 Å². The van der Waals surface area contributed by atoms with Gasteiger partial charge in [0.1, 0.15) is 11.6 Å². The summed E-state index contributed by atoms with van der Waals surface area (Å²) in [7, 11) is 2.24. The lowest BCUT2D eigenvalue weighted by Gasteiger charge is -2.57. The van der Waals surface area contributed by atoms with Gasteiger partial charge in [0, 0.05) is 12.6 Å². The molecule has 1 aliphatic carbocycles. The standard InChI is InChI=1S/C21H27FN2O/c1-23(16-19-3-2-14-25-19)20-8-9-21(20)10-12-24(13-11-21)15-17-4-6-18(22)7-5-17/h2-7,14,20H,8-13,15-16H2,1H3/t20-/m1/s1. The van der Waals surface area contributed by atoms with Crippen molar-refractivity contribution in [3.8, 4) is 0 Å². The molecule has 2 aliphatic rings. The Morgan fingerprint density at radius 1 is 1.16 bits per heavy atom. The lowest BCUT2D eigenvalue weighted by atomic mass is 9.58. The molecule has 2 fully saturated rings. The zero-order valence-corrected chi connectivity index (χ0v) is 15.0. The highest BCUT2D eigenvalue weighted by atomic mass is 19.1. The normalized spacial score (nSPS) is 23.1. The maximum Gasteiger partial charge on any atom is 0.123 e. The molecule has 0 bridgehead atoms. The minimum absolute atomic E-state index is 0.154. The van der Waals surface area contributed by atoms with Crippen LogP contribution in [0.2, 0.25) is 0 Å². The van der Waals surface area contributed by atoms with Crippen LogP contribution in [0.4, 0.5) is 4.39 Å². The molecule has 1 saturated carbocycles. The molecule has 1 saturated heterocycles. The van der Waals surface area contributed by atoms with Gasteiger partial charge in [-0.05, 0) is 81.1 Å². The fourth-order valence-corrected chi connectivity index (χ4v) is 4.72. The molecule has 0 radical (unpaired) electrons. The summed E-state index contributed by atoms with van der Waals surface area (Å²) in [6, 6.07) is 11.6. The van der Waals surface area contributed by atoms with Crippen LogP contribution in [0.5, 0.6) is 0 Å². The third-order valence-electron chi connectivity index (χ3n) is 6.31. The second-order valence-corrected chi connectivity index (χ2v) is 7.81. The van der Waals surface area contributed by atoms with Gasteiger partial charge in [-0.15, -0.1) is 0 Å². The van der Waals surface area contributed by atoms with Crippen molar-refractivity contribution >= 4 is 0 Å². The molecule has 1 aliphatic heterocycles. The number of likely N-dealkylation sites (tertiary alicyclic amines) is 1. The van der Waals surface area contributed by atoms with E-state index >= 15 is 0 Å². The van der Waals surface area contributed by atoms with Crippen LogP contribution in [0.3, 0.4) is 0 Å². The Morgan fingerprint density at radius 3 is 2.52 bits per heavy atom. The van der Waals surface area contributed by atoms with Gasteiger partial charge in [-0.1, -0.05) is 12.1 Å². The predicted molar refractivity (Wildman–Crippen MR) is 96.5 cm³/mol. The Labute approximate surface area is 149 Å². The van der Waals surface area contributed by atoms with E-state index in [0.29, 0.717) is 11.5 Å². The second-order valence-electron chi connectivity index (χ2n) is 7.81. The molecular weight excluding hydrogens is 315 g/mol. The summed E-state index contributed by atoms with van der Waals surface area (Å²) < 4.78 is 18.6. The first-order valence-electron chi connectivity index (χ1n) is 9.34. The van der Waals surface area contributed by atoms with Gasteiger partial charge in [0.15, 0.2) is 0 Å². The van der Waals surface area contributed by atoms with E-state index in [2.05, 4.69) is 22.9 Å². The van der Waals surface area contributed by atoms with Gasteiger partial charge in [0.05, 0.1) is 12.8 Å². The molecule has 134 valence electrons. The Hall–Kier alpha value is -1.65. The highest BCUT2D eigenvalue weighted by Crippen LogP contribution is 2.51.